The van der Waals surface area contributed by atoms with Gasteiger partial charge in [-0.25, -0.2) is 4.39 Å². The Kier molecular flexibility index (Phi) is 6.57. The zero-order valence-corrected chi connectivity index (χ0v) is 15.6. The summed E-state index contributed by atoms with van der Waals surface area (Å²) in [5.74, 6) is 0.351. The van der Waals surface area contributed by atoms with Gasteiger partial charge in [0, 0.05) is 25.5 Å². The Labute approximate surface area is 163 Å². The van der Waals surface area contributed by atoms with Crippen molar-refractivity contribution in [1.29, 1.82) is 0 Å². The molecule has 0 radical (unpaired) electrons. The van der Waals surface area contributed by atoms with Crippen LogP contribution in [0.25, 0.3) is 0 Å². The molecule has 0 saturated carbocycles. The van der Waals surface area contributed by atoms with Crippen molar-refractivity contribution < 1.29 is 13.9 Å². The zero-order valence-electron chi connectivity index (χ0n) is 15.6. The third kappa shape index (κ3) is 5.30. The van der Waals surface area contributed by atoms with E-state index in [4.69, 9.17) is 4.74 Å². The number of pyridine rings is 1. The minimum atomic E-state index is -0.214. The van der Waals surface area contributed by atoms with Crippen molar-refractivity contribution in [3.8, 4) is 5.75 Å². The minimum absolute atomic E-state index is 0.207. The molecule has 1 heterocycles. The van der Waals surface area contributed by atoms with E-state index in [0.29, 0.717) is 36.3 Å². The first-order valence-corrected chi connectivity index (χ1v) is 8.99. The van der Waals surface area contributed by atoms with Gasteiger partial charge in [0.2, 0.25) is 0 Å². The van der Waals surface area contributed by atoms with Gasteiger partial charge < -0.3 is 15.4 Å². The quantitative estimate of drug-likeness (QED) is 0.625. The maximum atomic E-state index is 13.7. The Morgan fingerprint density at radius 1 is 1.11 bits per heavy atom. The molecule has 0 unspecified atom stereocenters. The molecule has 6 heteroatoms. The third-order valence-corrected chi connectivity index (χ3v) is 4.29. The normalized spacial score (nSPS) is 10.4. The van der Waals surface area contributed by atoms with E-state index in [1.165, 1.54) is 12.3 Å². The van der Waals surface area contributed by atoms with E-state index in [0.717, 1.165) is 11.3 Å². The van der Waals surface area contributed by atoms with Crippen LogP contribution in [0.1, 0.15) is 21.5 Å². The van der Waals surface area contributed by atoms with E-state index in [1.54, 1.807) is 31.5 Å². The molecule has 0 spiro atoms. The van der Waals surface area contributed by atoms with Crippen LogP contribution in [0.4, 0.5) is 10.1 Å². The number of benzene rings is 2. The van der Waals surface area contributed by atoms with E-state index >= 15 is 0 Å². The molecule has 144 valence electrons. The molecule has 0 fully saturated rings. The Morgan fingerprint density at radius 3 is 2.64 bits per heavy atom. The highest BCUT2D eigenvalue weighted by atomic mass is 19.1. The molecular weight excluding hydrogens is 357 g/mol. The Balaban J connectivity index is 1.53. The molecule has 1 aromatic heterocycles. The molecule has 0 aliphatic rings. The van der Waals surface area contributed by atoms with Gasteiger partial charge in [0.25, 0.3) is 5.91 Å². The Morgan fingerprint density at radius 2 is 1.89 bits per heavy atom. The Bertz CT molecular complexity index is 929. The number of methoxy groups -OCH3 is 1. The number of hydrogen-bond donors (Lipinski definition) is 2. The van der Waals surface area contributed by atoms with Crippen molar-refractivity contribution in [2.45, 2.75) is 13.0 Å². The summed E-state index contributed by atoms with van der Waals surface area (Å²) in [7, 11) is 1.61. The zero-order chi connectivity index (χ0) is 19.8. The number of hydrogen-bond acceptors (Lipinski definition) is 4. The lowest BCUT2D eigenvalue weighted by Gasteiger charge is -2.09. The fourth-order valence-corrected chi connectivity index (χ4v) is 2.73. The number of halogens is 1. The maximum Gasteiger partial charge on any atom is 0.253 e. The summed E-state index contributed by atoms with van der Waals surface area (Å²) in [6.45, 7) is 0.952. The van der Waals surface area contributed by atoms with Gasteiger partial charge in [-0.1, -0.05) is 30.3 Å². The second kappa shape index (κ2) is 9.50. The van der Waals surface area contributed by atoms with Gasteiger partial charge in [-0.15, -0.1) is 0 Å². The number of nitrogens with zero attached hydrogens (tertiary/aromatic N) is 1. The van der Waals surface area contributed by atoms with Crippen LogP contribution in [0.2, 0.25) is 0 Å². The van der Waals surface area contributed by atoms with E-state index in [9.17, 15) is 9.18 Å². The highest BCUT2D eigenvalue weighted by Gasteiger charge is 2.07. The predicted octanol–water partition coefficient (Wildman–Crippen LogP) is 3.81. The molecule has 1 amide bonds. The lowest BCUT2D eigenvalue weighted by molar-refractivity contribution is 0.0950. The van der Waals surface area contributed by atoms with Crippen LogP contribution < -0.4 is 15.4 Å². The van der Waals surface area contributed by atoms with E-state index in [2.05, 4.69) is 15.6 Å². The molecule has 0 aliphatic heterocycles. The first-order chi connectivity index (χ1) is 13.7. The molecule has 0 bridgehead atoms. The topological polar surface area (TPSA) is 63.2 Å². The number of amides is 1. The van der Waals surface area contributed by atoms with Crippen molar-refractivity contribution >= 4 is 11.6 Å². The maximum absolute atomic E-state index is 13.7. The van der Waals surface area contributed by atoms with Gasteiger partial charge in [-0.3, -0.25) is 9.78 Å². The summed E-state index contributed by atoms with van der Waals surface area (Å²) >= 11 is 0. The summed E-state index contributed by atoms with van der Waals surface area (Å²) in [6.07, 6.45) is 3.70. The van der Waals surface area contributed by atoms with Crippen LogP contribution in [0.15, 0.2) is 67.0 Å². The molecule has 0 aliphatic carbocycles. The number of nitrogens with one attached hydrogen (secondary N) is 2. The number of rotatable bonds is 8. The fourth-order valence-electron chi connectivity index (χ4n) is 2.73. The number of carbonyl (C=O) groups is 1. The van der Waals surface area contributed by atoms with Crippen LogP contribution in [0, 0.1) is 5.82 Å². The van der Waals surface area contributed by atoms with Crippen LogP contribution >= 0.6 is 0 Å². The van der Waals surface area contributed by atoms with Gasteiger partial charge >= 0.3 is 0 Å². The molecule has 2 aromatic carbocycles. The lowest BCUT2D eigenvalue weighted by atomic mass is 10.1. The standard InChI is InChI=1S/C22H22FN3O2/c1-28-20-8-6-16(7-9-20)13-26-22(27)18-12-19(15-24-14-18)25-11-10-17-4-2-3-5-21(17)23/h2-9,12,14-15,25H,10-11,13H2,1H3,(H,26,27). The smallest absolute Gasteiger partial charge is 0.253 e. The van der Waals surface area contributed by atoms with Gasteiger partial charge in [-0.2, -0.15) is 0 Å². The molecule has 5 nitrogen and oxygen atoms in total. The average molecular weight is 379 g/mol. The van der Waals surface area contributed by atoms with Crippen molar-refractivity contribution in [1.82, 2.24) is 10.3 Å². The number of ether oxygens (including phenoxy) is 1. The predicted molar refractivity (Wildman–Crippen MR) is 107 cm³/mol. The molecule has 0 saturated heterocycles. The molecule has 2 N–H and O–H groups in total. The van der Waals surface area contributed by atoms with Crippen molar-refractivity contribution in [3.63, 3.8) is 0 Å². The fraction of sp³-hybridized carbons (Fsp3) is 0.182. The molecular formula is C22H22FN3O2. The number of carbonyl (C=O) groups excluding carboxylic acids is 1. The monoisotopic (exact) mass is 379 g/mol. The van der Waals surface area contributed by atoms with Crippen LogP contribution in [0.5, 0.6) is 5.75 Å². The number of anilines is 1. The molecule has 0 atom stereocenters. The summed E-state index contributed by atoms with van der Waals surface area (Å²) in [5.41, 5.74) is 2.80. The minimum Gasteiger partial charge on any atom is -0.497 e. The average Bonchev–Trinajstić information content (AvgIpc) is 2.74. The third-order valence-electron chi connectivity index (χ3n) is 4.29. The second-order valence-corrected chi connectivity index (χ2v) is 6.26. The van der Waals surface area contributed by atoms with Crippen molar-refractivity contribution in [2.24, 2.45) is 0 Å². The van der Waals surface area contributed by atoms with E-state index in [-0.39, 0.29) is 11.7 Å². The van der Waals surface area contributed by atoms with Crippen LogP contribution in [0.3, 0.4) is 0 Å². The molecule has 3 aromatic rings. The van der Waals surface area contributed by atoms with Crippen LogP contribution in [-0.2, 0) is 13.0 Å². The first kappa shape index (κ1) is 19.4. The van der Waals surface area contributed by atoms with Gasteiger partial charge in [0.05, 0.1) is 18.4 Å². The van der Waals surface area contributed by atoms with Crippen molar-refractivity contribution in [2.75, 3.05) is 19.0 Å². The SMILES string of the molecule is COc1ccc(CNC(=O)c2cncc(NCCc3ccccc3F)c2)cc1. The summed E-state index contributed by atoms with van der Waals surface area (Å²) in [6, 6.07) is 15.9. The first-order valence-electron chi connectivity index (χ1n) is 8.99. The Hall–Kier alpha value is -3.41. The van der Waals surface area contributed by atoms with E-state index in [1.807, 2.05) is 30.3 Å². The van der Waals surface area contributed by atoms with Gasteiger partial charge in [0.15, 0.2) is 0 Å². The summed E-state index contributed by atoms with van der Waals surface area (Å²) in [5, 5.41) is 6.05. The van der Waals surface area contributed by atoms with Crippen LogP contribution in [-0.4, -0.2) is 24.5 Å². The summed E-state index contributed by atoms with van der Waals surface area (Å²) < 4.78 is 18.8. The van der Waals surface area contributed by atoms with E-state index < -0.39 is 0 Å². The second-order valence-electron chi connectivity index (χ2n) is 6.26. The largest absolute Gasteiger partial charge is 0.497 e. The van der Waals surface area contributed by atoms with Gasteiger partial charge in [0.1, 0.15) is 11.6 Å². The molecule has 3 rings (SSSR count). The van der Waals surface area contributed by atoms with Crippen molar-refractivity contribution in [3.05, 3.63) is 89.5 Å². The van der Waals surface area contributed by atoms with Gasteiger partial charge in [-0.05, 0) is 41.8 Å². The lowest BCUT2D eigenvalue weighted by Crippen LogP contribution is -2.23. The number of aromatic nitrogens is 1. The highest BCUT2D eigenvalue weighted by molar-refractivity contribution is 5.94. The molecule has 28 heavy (non-hydrogen) atoms. The summed E-state index contributed by atoms with van der Waals surface area (Å²) in [4.78, 5) is 16.5. The highest BCUT2D eigenvalue weighted by Crippen LogP contribution is 2.13.